The van der Waals surface area contributed by atoms with E-state index in [-0.39, 0.29) is 12.5 Å². The van der Waals surface area contributed by atoms with Gasteiger partial charge in [0.05, 0.1) is 6.54 Å². The van der Waals surface area contributed by atoms with Crippen LogP contribution in [0.15, 0.2) is 28.9 Å². The Morgan fingerprint density at radius 2 is 2.21 bits per heavy atom. The van der Waals surface area contributed by atoms with Gasteiger partial charge in [-0.3, -0.25) is 4.79 Å². The first-order chi connectivity index (χ1) is 11.1. The third kappa shape index (κ3) is 4.11. The number of thioether (sulfide) groups is 1. The van der Waals surface area contributed by atoms with Crippen LogP contribution in [0.4, 0.5) is 4.79 Å². The van der Waals surface area contributed by atoms with E-state index >= 15 is 0 Å². The largest absolute Gasteiger partial charge is 0.444 e. The highest BCUT2D eigenvalue weighted by molar-refractivity contribution is 8.15. The van der Waals surface area contributed by atoms with Crippen molar-refractivity contribution < 1.29 is 14.3 Å². The number of hydrogen-bond donors (Lipinski definition) is 2. The molecule has 0 spiro atoms. The maximum atomic E-state index is 12.1. The van der Waals surface area contributed by atoms with Gasteiger partial charge >= 0.3 is 6.09 Å². The Morgan fingerprint density at radius 3 is 2.75 bits per heavy atom. The molecule has 2 amide bonds. The first-order valence-electron chi connectivity index (χ1n) is 7.81. The van der Waals surface area contributed by atoms with Crippen molar-refractivity contribution in [3.8, 4) is 0 Å². The van der Waals surface area contributed by atoms with Crippen molar-refractivity contribution in [3.63, 3.8) is 0 Å². The molecule has 1 atom stereocenters. The minimum Gasteiger partial charge on any atom is -0.444 e. The summed E-state index contributed by atoms with van der Waals surface area (Å²) >= 11 is 1.28. The molecule has 3 N–H and O–H groups in total. The van der Waals surface area contributed by atoms with Crippen LogP contribution in [-0.2, 0) is 9.53 Å². The van der Waals surface area contributed by atoms with E-state index in [1.807, 2.05) is 12.2 Å². The average Bonchev–Trinajstić information content (AvgIpc) is 2.83. The average molecular weight is 352 g/mol. The van der Waals surface area contributed by atoms with E-state index < -0.39 is 16.6 Å². The number of rotatable bonds is 3. The third-order valence-electron chi connectivity index (χ3n) is 3.50. The SMILES string of the molecule is CC(=O)N1N=C(N)SC1(CNC(=O)OC(C)(C)C)C1=CC=CCC1. The summed E-state index contributed by atoms with van der Waals surface area (Å²) in [7, 11) is 0. The van der Waals surface area contributed by atoms with Gasteiger partial charge in [-0.1, -0.05) is 18.2 Å². The lowest BCUT2D eigenvalue weighted by atomic mass is 9.96. The van der Waals surface area contributed by atoms with Crippen LogP contribution in [0.25, 0.3) is 0 Å². The summed E-state index contributed by atoms with van der Waals surface area (Å²) in [5.74, 6) is -0.232. The zero-order chi connectivity index (χ0) is 18.0. The topological polar surface area (TPSA) is 97.0 Å². The molecule has 0 aromatic heterocycles. The molecule has 1 heterocycles. The molecule has 1 aliphatic heterocycles. The van der Waals surface area contributed by atoms with Crippen LogP contribution in [-0.4, -0.2) is 39.2 Å². The minimum absolute atomic E-state index is 0.163. The molecule has 0 saturated carbocycles. The molecule has 24 heavy (non-hydrogen) atoms. The number of amides is 2. The van der Waals surface area contributed by atoms with Gasteiger partial charge < -0.3 is 15.8 Å². The second kappa shape index (κ2) is 6.88. The summed E-state index contributed by atoms with van der Waals surface area (Å²) in [6, 6.07) is 0. The van der Waals surface area contributed by atoms with Crippen LogP contribution in [0, 0.1) is 0 Å². The van der Waals surface area contributed by atoms with Crippen molar-refractivity contribution in [2.24, 2.45) is 10.8 Å². The minimum atomic E-state index is -0.850. The third-order valence-corrected chi connectivity index (χ3v) is 4.71. The summed E-state index contributed by atoms with van der Waals surface area (Å²) in [6.07, 6.45) is 7.06. The molecule has 0 aromatic carbocycles. The molecular weight excluding hydrogens is 328 g/mol. The van der Waals surface area contributed by atoms with Gasteiger partial charge in [-0.05, 0) is 50.9 Å². The van der Waals surface area contributed by atoms with Crippen LogP contribution in [0.1, 0.15) is 40.5 Å². The number of alkyl carbamates (subject to hydrolysis) is 1. The number of carbonyl (C=O) groups is 2. The molecule has 7 nitrogen and oxygen atoms in total. The van der Waals surface area contributed by atoms with Crippen molar-refractivity contribution in [1.82, 2.24) is 10.3 Å². The van der Waals surface area contributed by atoms with Crippen LogP contribution >= 0.6 is 11.8 Å². The molecule has 0 fully saturated rings. The lowest BCUT2D eigenvalue weighted by molar-refractivity contribution is -0.131. The first-order valence-corrected chi connectivity index (χ1v) is 8.62. The lowest BCUT2D eigenvalue weighted by Crippen LogP contribution is -2.53. The monoisotopic (exact) mass is 352 g/mol. The van der Waals surface area contributed by atoms with Crippen LogP contribution in [0.5, 0.6) is 0 Å². The van der Waals surface area contributed by atoms with E-state index in [1.54, 1.807) is 20.8 Å². The second-order valence-electron chi connectivity index (χ2n) is 6.67. The summed E-state index contributed by atoms with van der Waals surface area (Å²) in [4.78, 5) is 23.3. The Hall–Kier alpha value is -1.96. The van der Waals surface area contributed by atoms with Gasteiger partial charge in [0.1, 0.15) is 5.60 Å². The zero-order valence-electron chi connectivity index (χ0n) is 14.5. The first kappa shape index (κ1) is 18.4. The molecule has 0 radical (unpaired) electrons. The van der Waals surface area contributed by atoms with Gasteiger partial charge in [-0.25, -0.2) is 9.80 Å². The summed E-state index contributed by atoms with van der Waals surface area (Å²) in [5, 5.41) is 8.56. The second-order valence-corrected chi connectivity index (χ2v) is 7.97. The highest BCUT2D eigenvalue weighted by Gasteiger charge is 2.48. The predicted octanol–water partition coefficient (Wildman–Crippen LogP) is 2.31. The van der Waals surface area contributed by atoms with Crippen LogP contribution < -0.4 is 11.1 Å². The van der Waals surface area contributed by atoms with Crippen molar-refractivity contribution in [2.75, 3.05) is 6.54 Å². The van der Waals surface area contributed by atoms with E-state index in [0.717, 1.165) is 18.4 Å². The summed E-state index contributed by atoms with van der Waals surface area (Å²) in [6.45, 7) is 6.98. The number of allylic oxidation sites excluding steroid dienone is 3. The Kier molecular flexibility index (Phi) is 5.27. The Morgan fingerprint density at radius 1 is 1.50 bits per heavy atom. The van der Waals surface area contributed by atoms with E-state index in [9.17, 15) is 9.59 Å². The van der Waals surface area contributed by atoms with Gasteiger partial charge in [0.15, 0.2) is 10.0 Å². The van der Waals surface area contributed by atoms with Crippen molar-refractivity contribution >= 4 is 28.9 Å². The van der Waals surface area contributed by atoms with E-state index in [1.165, 1.54) is 23.7 Å². The molecule has 2 aliphatic rings. The molecule has 8 heteroatoms. The van der Waals surface area contributed by atoms with Gasteiger partial charge in [-0.15, -0.1) is 5.10 Å². The van der Waals surface area contributed by atoms with E-state index in [2.05, 4.69) is 16.5 Å². The zero-order valence-corrected chi connectivity index (χ0v) is 15.3. The number of ether oxygens (including phenoxy) is 1. The number of nitrogens with zero attached hydrogens (tertiary/aromatic N) is 2. The van der Waals surface area contributed by atoms with Crippen LogP contribution in [0.2, 0.25) is 0 Å². The van der Waals surface area contributed by atoms with Crippen molar-refractivity contribution in [2.45, 2.75) is 51.0 Å². The molecule has 0 saturated heterocycles. The molecule has 2 rings (SSSR count). The van der Waals surface area contributed by atoms with E-state index in [4.69, 9.17) is 10.5 Å². The quantitative estimate of drug-likeness (QED) is 0.812. The number of hydrazone groups is 1. The number of hydrogen-bond acceptors (Lipinski definition) is 6. The number of nitrogens with two attached hydrogens (primary N) is 1. The lowest BCUT2D eigenvalue weighted by Gasteiger charge is -2.37. The summed E-state index contributed by atoms with van der Waals surface area (Å²) in [5.41, 5.74) is 6.28. The molecule has 132 valence electrons. The fourth-order valence-electron chi connectivity index (χ4n) is 2.60. The molecule has 1 unspecified atom stereocenters. The normalized spacial score (nSPS) is 23.6. The fraction of sp³-hybridized carbons (Fsp3) is 0.562. The number of carbonyl (C=O) groups excluding carboxylic acids is 2. The number of amidine groups is 1. The van der Waals surface area contributed by atoms with Gasteiger partial charge in [0.2, 0.25) is 5.91 Å². The summed E-state index contributed by atoms with van der Waals surface area (Å²) < 4.78 is 5.29. The molecule has 0 aromatic rings. The Bertz CT molecular complexity index is 621. The molecular formula is C16H24N4O3S. The maximum absolute atomic E-state index is 12.1. The van der Waals surface area contributed by atoms with Crippen molar-refractivity contribution in [3.05, 3.63) is 23.8 Å². The highest BCUT2D eigenvalue weighted by Crippen LogP contribution is 2.44. The maximum Gasteiger partial charge on any atom is 0.407 e. The van der Waals surface area contributed by atoms with Gasteiger partial charge in [0.25, 0.3) is 0 Å². The molecule has 1 aliphatic carbocycles. The smallest absolute Gasteiger partial charge is 0.407 e. The highest BCUT2D eigenvalue weighted by atomic mass is 32.2. The van der Waals surface area contributed by atoms with Gasteiger partial charge in [0, 0.05) is 6.92 Å². The predicted molar refractivity (Wildman–Crippen MR) is 95.2 cm³/mol. The standard InChI is InChI=1S/C16H24N4O3S/c1-11(21)20-16(24-13(17)19-20,12-8-6-5-7-9-12)10-18-14(22)23-15(2,3)4/h5-6,8H,7,9-10H2,1-4H3,(H2,17,19)(H,18,22). The number of nitrogens with one attached hydrogen (secondary N) is 1. The fourth-order valence-corrected chi connectivity index (χ4v) is 3.77. The van der Waals surface area contributed by atoms with Crippen molar-refractivity contribution in [1.29, 1.82) is 0 Å². The Balaban J connectivity index is 2.25. The van der Waals surface area contributed by atoms with Gasteiger partial charge in [-0.2, -0.15) is 0 Å². The van der Waals surface area contributed by atoms with E-state index in [0.29, 0.717) is 5.17 Å². The Labute approximate surface area is 146 Å². The molecule has 0 bridgehead atoms. The van der Waals surface area contributed by atoms with Crippen LogP contribution in [0.3, 0.4) is 0 Å².